The predicted molar refractivity (Wildman–Crippen MR) is 85.1 cm³/mol. The molecule has 3 aliphatic heterocycles. The first kappa shape index (κ1) is 14.8. The van der Waals surface area contributed by atoms with Gasteiger partial charge in [-0.05, 0) is 51.2 Å². The molecule has 3 aliphatic rings. The third kappa shape index (κ3) is 3.20. The van der Waals surface area contributed by atoms with Crippen LogP contribution in [0.5, 0.6) is 0 Å². The molecule has 3 heteroatoms. The molecule has 2 bridgehead atoms. The molecule has 0 aromatic heterocycles. The Labute approximate surface area is 125 Å². The molecule has 2 atom stereocenters. The van der Waals surface area contributed by atoms with Crippen LogP contribution in [-0.2, 0) is 0 Å². The van der Waals surface area contributed by atoms with Gasteiger partial charge in [0.2, 0.25) is 0 Å². The Balaban J connectivity index is 1.49. The van der Waals surface area contributed by atoms with Crippen molar-refractivity contribution in [1.82, 2.24) is 14.7 Å². The van der Waals surface area contributed by atoms with E-state index < -0.39 is 0 Å². The van der Waals surface area contributed by atoms with Crippen LogP contribution in [0.2, 0.25) is 0 Å². The van der Waals surface area contributed by atoms with Crippen molar-refractivity contribution in [2.75, 3.05) is 39.8 Å². The molecule has 116 valence electrons. The normalized spacial score (nSPS) is 34.8. The van der Waals surface area contributed by atoms with Gasteiger partial charge in [0, 0.05) is 37.8 Å². The van der Waals surface area contributed by atoms with E-state index in [4.69, 9.17) is 0 Å². The van der Waals surface area contributed by atoms with Crippen molar-refractivity contribution in [3.05, 3.63) is 0 Å². The number of piperidine rings is 1. The zero-order valence-electron chi connectivity index (χ0n) is 13.9. The highest BCUT2D eigenvalue weighted by Gasteiger charge is 2.40. The van der Waals surface area contributed by atoms with Gasteiger partial charge in [-0.25, -0.2) is 0 Å². The summed E-state index contributed by atoms with van der Waals surface area (Å²) in [5.41, 5.74) is 0.444. The molecule has 0 saturated carbocycles. The standard InChI is InChI=1S/C17H33N3/c1-17(2,3)13-19-9-7-14(8-10-19)20-11-15-5-6-16(12-20)18(15)4/h14-16H,5-13H2,1-4H3. The van der Waals surface area contributed by atoms with Crippen LogP contribution in [0, 0.1) is 5.41 Å². The molecular formula is C17H33N3. The Morgan fingerprint density at radius 3 is 1.90 bits per heavy atom. The fourth-order valence-corrected chi connectivity index (χ4v) is 4.56. The van der Waals surface area contributed by atoms with Gasteiger partial charge < -0.3 is 4.90 Å². The Bertz CT molecular complexity index is 314. The second-order valence-electron chi connectivity index (χ2n) is 8.57. The minimum absolute atomic E-state index is 0.444. The van der Waals surface area contributed by atoms with Crippen molar-refractivity contribution in [3.63, 3.8) is 0 Å². The Kier molecular flexibility index (Phi) is 4.13. The lowest BCUT2D eigenvalue weighted by atomic mass is 9.93. The second-order valence-corrected chi connectivity index (χ2v) is 8.57. The van der Waals surface area contributed by atoms with Crippen LogP contribution >= 0.6 is 0 Å². The maximum atomic E-state index is 2.83. The first-order valence-electron chi connectivity index (χ1n) is 8.61. The summed E-state index contributed by atoms with van der Waals surface area (Å²) >= 11 is 0. The monoisotopic (exact) mass is 279 g/mol. The lowest BCUT2D eigenvalue weighted by Gasteiger charge is -2.46. The SMILES string of the molecule is CN1C2CCC1CN(C1CCN(CC(C)(C)C)CC1)C2. The first-order valence-corrected chi connectivity index (χ1v) is 8.61. The molecule has 0 N–H and O–H groups in total. The number of likely N-dealkylation sites (N-methyl/N-ethyl adjacent to an activating group) is 1. The Hall–Kier alpha value is -0.120. The van der Waals surface area contributed by atoms with Crippen LogP contribution < -0.4 is 0 Å². The summed E-state index contributed by atoms with van der Waals surface area (Å²) in [6, 6.07) is 2.56. The Morgan fingerprint density at radius 2 is 1.40 bits per heavy atom. The van der Waals surface area contributed by atoms with Crippen molar-refractivity contribution in [3.8, 4) is 0 Å². The number of hydrogen-bond donors (Lipinski definition) is 0. The van der Waals surface area contributed by atoms with Gasteiger partial charge in [-0.1, -0.05) is 20.8 Å². The summed E-state index contributed by atoms with van der Waals surface area (Å²) in [5, 5.41) is 0. The molecule has 20 heavy (non-hydrogen) atoms. The zero-order chi connectivity index (χ0) is 14.3. The fraction of sp³-hybridized carbons (Fsp3) is 1.00. The van der Waals surface area contributed by atoms with Crippen LogP contribution in [0.15, 0.2) is 0 Å². The number of rotatable bonds is 2. The molecule has 3 rings (SSSR count). The predicted octanol–water partition coefficient (Wildman–Crippen LogP) is 2.28. The van der Waals surface area contributed by atoms with Gasteiger partial charge in [0.15, 0.2) is 0 Å². The minimum Gasteiger partial charge on any atom is -0.303 e. The van der Waals surface area contributed by atoms with Gasteiger partial charge in [0.05, 0.1) is 0 Å². The van der Waals surface area contributed by atoms with Gasteiger partial charge in [0.25, 0.3) is 0 Å². The quantitative estimate of drug-likeness (QED) is 0.768. The molecule has 2 unspecified atom stereocenters. The summed E-state index contributed by atoms with van der Waals surface area (Å²) in [4.78, 5) is 8.16. The van der Waals surface area contributed by atoms with E-state index >= 15 is 0 Å². The molecule has 0 radical (unpaired) electrons. The lowest BCUT2D eigenvalue weighted by molar-refractivity contribution is 0.0268. The summed E-state index contributed by atoms with van der Waals surface area (Å²) in [6.45, 7) is 13.6. The number of piperazine rings is 1. The van der Waals surface area contributed by atoms with Gasteiger partial charge in [-0.2, -0.15) is 0 Å². The van der Waals surface area contributed by atoms with Crippen molar-refractivity contribution in [2.24, 2.45) is 5.41 Å². The highest BCUT2D eigenvalue weighted by molar-refractivity contribution is 4.96. The van der Waals surface area contributed by atoms with Crippen LogP contribution in [0.25, 0.3) is 0 Å². The average molecular weight is 279 g/mol. The largest absolute Gasteiger partial charge is 0.303 e. The van der Waals surface area contributed by atoms with Gasteiger partial charge in [-0.15, -0.1) is 0 Å². The van der Waals surface area contributed by atoms with E-state index in [1.165, 1.54) is 58.4 Å². The molecule has 0 amide bonds. The van der Waals surface area contributed by atoms with E-state index in [9.17, 15) is 0 Å². The molecule has 3 heterocycles. The van der Waals surface area contributed by atoms with E-state index in [0.717, 1.165) is 18.1 Å². The van der Waals surface area contributed by atoms with Gasteiger partial charge in [0.1, 0.15) is 0 Å². The highest BCUT2D eigenvalue weighted by atomic mass is 15.3. The van der Waals surface area contributed by atoms with Crippen LogP contribution in [0.1, 0.15) is 46.5 Å². The molecular weight excluding hydrogens is 246 g/mol. The average Bonchev–Trinajstić information content (AvgIpc) is 2.61. The minimum atomic E-state index is 0.444. The molecule has 0 aromatic rings. The summed E-state index contributed by atoms with van der Waals surface area (Å²) < 4.78 is 0. The van der Waals surface area contributed by atoms with Crippen molar-refractivity contribution >= 4 is 0 Å². The van der Waals surface area contributed by atoms with E-state index in [2.05, 4.69) is 42.5 Å². The maximum absolute atomic E-state index is 2.83. The van der Waals surface area contributed by atoms with E-state index in [-0.39, 0.29) is 0 Å². The maximum Gasteiger partial charge on any atom is 0.0224 e. The van der Waals surface area contributed by atoms with E-state index in [1.807, 2.05) is 0 Å². The molecule has 0 aliphatic carbocycles. The molecule has 0 aromatic carbocycles. The summed E-state index contributed by atoms with van der Waals surface area (Å²) in [6.07, 6.45) is 5.64. The fourth-order valence-electron chi connectivity index (χ4n) is 4.56. The van der Waals surface area contributed by atoms with E-state index in [0.29, 0.717) is 5.41 Å². The number of hydrogen-bond acceptors (Lipinski definition) is 3. The third-order valence-corrected chi connectivity index (χ3v) is 5.65. The Morgan fingerprint density at radius 1 is 0.850 bits per heavy atom. The van der Waals surface area contributed by atoms with E-state index in [1.54, 1.807) is 0 Å². The second kappa shape index (κ2) is 5.58. The number of fused-ring (bicyclic) bond motifs is 2. The first-order chi connectivity index (χ1) is 9.42. The molecule has 3 nitrogen and oxygen atoms in total. The topological polar surface area (TPSA) is 9.72 Å². The van der Waals surface area contributed by atoms with Gasteiger partial charge in [-0.3, -0.25) is 9.80 Å². The smallest absolute Gasteiger partial charge is 0.0224 e. The lowest BCUT2D eigenvalue weighted by Crippen LogP contribution is -2.57. The van der Waals surface area contributed by atoms with Crippen LogP contribution in [0.4, 0.5) is 0 Å². The molecule has 3 saturated heterocycles. The van der Waals surface area contributed by atoms with Gasteiger partial charge >= 0.3 is 0 Å². The third-order valence-electron chi connectivity index (χ3n) is 5.65. The summed E-state index contributed by atoms with van der Waals surface area (Å²) in [5.74, 6) is 0. The van der Waals surface area contributed by atoms with Crippen LogP contribution in [-0.4, -0.2) is 72.6 Å². The molecule has 0 spiro atoms. The number of likely N-dealkylation sites (tertiary alicyclic amines) is 2. The van der Waals surface area contributed by atoms with Crippen molar-refractivity contribution in [1.29, 1.82) is 0 Å². The van der Waals surface area contributed by atoms with Crippen molar-refractivity contribution in [2.45, 2.75) is 64.6 Å². The highest BCUT2D eigenvalue weighted by Crippen LogP contribution is 2.31. The number of nitrogens with zero attached hydrogens (tertiary/aromatic N) is 3. The van der Waals surface area contributed by atoms with Crippen LogP contribution in [0.3, 0.4) is 0 Å². The molecule has 3 fully saturated rings. The zero-order valence-corrected chi connectivity index (χ0v) is 13.9. The summed E-state index contributed by atoms with van der Waals surface area (Å²) in [7, 11) is 2.34. The van der Waals surface area contributed by atoms with Crippen molar-refractivity contribution < 1.29 is 0 Å².